The summed E-state index contributed by atoms with van der Waals surface area (Å²) < 4.78 is 0. The van der Waals surface area contributed by atoms with Gasteiger partial charge in [-0.3, -0.25) is 0 Å². The molecular formula is C19H26N2. The Morgan fingerprint density at radius 3 is 2.86 bits per heavy atom. The van der Waals surface area contributed by atoms with Crippen molar-refractivity contribution in [2.45, 2.75) is 32.6 Å². The first kappa shape index (κ1) is 14.2. The first-order valence-corrected chi connectivity index (χ1v) is 8.03. The Morgan fingerprint density at radius 1 is 1.38 bits per heavy atom. The second kappa shape index (κ2) is 5.25. The molecule has 1 aliphatic carbocycles. The highest BCUT2D eigenvalue weighted by Gasteiger charge is 2.43. The third-order valence-corrected chi connectivity index (χ3v) is 5.52. The molecule has 0 amide bonds. The number of nitrogens with one attached hydrogen (secondary N) is 1. The molecule has 112 valence electrons. The van der Waals surface area contributed by atoms with Gasteiger partial charge >= 0.3 is 0 Å². The molecular weight excluding hydrogens is 256 g/mol. The van der Waals surface area contributed by atoms with Gasteiger partial charge in [0.1, 0.15) is 0 Å². The maximum Gasteiger partial charge on any atom is 0.0341 e. The van der Waals surface area contributed by atoms with Gasteiger partial charge in [-0.05, 0) is 43.7 Å². The number of nitrogens with zero attached hydrogens (tertiary/aromatic N) is 1. The Hall–Kier alpha value is -1.70. The molecule has 1 aliphatic heterocycles. The van der Waals surface area contributed by atoms with E-state index in [0.717, 1.165) is 25.1 Å². The number of rotatable bonds is 3. The fraction of sp³-hybridized carbons (Fsp3) is 0.474. The summed E-state index contributed by atoms with van der Waals surface area (Å²) in [5, 5.41) is 3.20. The number of fused-ring (bicyclic) bond motifs is 1. The number of allylic oxidation sites excluding steroid dienone is 1. The van der Waals surface area contributed by atoms with Gasteiger partial charge in [0.25, 0.3) is 0 Å². The number of benzene rings is 1. The summed E-state index contributed by atoms with van der Waals surface area (Å²) in [6, 6.07) is 6.66. The van der Waals surface area contributed by atoms with Gasteiger partial charge in [0.2, 0.25) is 0 Å². The first-order valence-electron chi connectivity index (χ1n) is 8.03. The van der Waals surface area contributed by atoms with Gasteiger partial charge in [-0.25, -0.2) is 0 Å². The van der Waals surface area contributed by atoms with Crippen LogP contribution in [-0.2, 0) is 12.8 Å². The molecule has 1 atom stereocenters. The van der Waals surface area contributed by atoms with Crippen LogP contribution >= 0.6 is 0 Å². The highest BCUT2D eigenvalue weighted by molar-refractivity contribution is 5.66. The van der Waals surface area contributed by atoms with Crippen molar-refractivity contribution in [1.82, 2.24) is 10.2 Å². The normalized spacial score (nSPS) is 24.3. The Balaban J connectivity index is 1.94. The molecule has 1 spiro atoms. The maximum atomic E-state index is 4.43. The average Bonchev–Trinajstić information content (AvgIpc) is 2.82. The lowest BCUT2D eigenvalue weighted by Gasteiger charge is -2.37. The highest BCUT2D eigenvalue weighted by atomic mass is 15.2. The molecule has 2 nitrogen and oxygen atoms in total. The van der Waals surface area contributed by atoms with E-state index in [2.05, 4.69) is 48.5 Å². The summed E-state index contributed by atoms with van der Waals surface area (Å²) in [5.41, 5.74) is 6.99. The lowest BCUT2D eigenvalue weighted by Crippen LogP contribution is -2.31. The van der Waals surface area contributed by atoms with Crippen molar-refractivity contribution in [2.24, 2.45) is 5.41 Å². The molecule has 0 aromatic heterocycles. The molecule has 1 heterocycles. The third kappa shape index (κ3) is 2.17. The lowest BCUT2D eigenvalue weighted by molar-refractivity contribution is 0.305. The number of likely N-dealkylation sites (tertiary alicyclic amines) is 1. The minimum atomic E-state index is 0.308. The minimum absolute atomic E-state index is 0.308. The van der Waals surface area contributed by atoms with Crippen LogP contribution in [0.2, 0.25) is 0 Å². The van der Waals surface area contributed by atoms with E-state index in [1.807, 2.05) is 7.05 Å². The predicted octanol–water partition coefficient (Wildman–Crippen LogP) is 3.59. The molecule has 1 aromatic carbocycles. The zero-order valence-corrected chi connectivity index (χ0v) is 13.3. The molecule has 21 heavy (non-hydrogen) atoms. The van der Waals surface area contributed by atoms with E-state index in [1.165, 1.54) is 41.8 Å². The maximum absolute atomic E-state index is 4.43. The van der Waals surface area contributed by atoms with E-state index in [4.69, 9.17) is 0 Å². The van der Waals surface area contributed by atoms with Gasteiger partial charge in [-0.15, -0.1) is 0 Å². The molecule has 1 unspecified atom stereocenters. The highest BCUT2D eigenvalue weighted by Crippen LogP contribution is 2.49. The van der Waals surface area contributed by atoms with Crippen molar-refractivity contribution in [3.05, 3.63) is 53.7 Å². The molecule has 0 radical (unpaired) electrons. The SMILES string of the molecule is C=C(NC)c1cccc2c1CCC1(CCN(CC)C1=C)C2. The van der Waals surface area contributed by atoms with Crippen molar-refractivity contribution in [3.8, 4) is 0 Å². The average molecular weight is 282 g/mol. The molecule has 2 aliphatic rings. The van der Waals surface area contributed by atoms with Crippen LogP contribution in [0.5, 0.6) is 0 Å². The third-order valence-electron chi connectivity index (χ3n) is 5.52. The summed E-state index contributed by atoms with van der Waals surface area (Å²) in [5.74, 6) is 0. The van der Waals surface area contributed by atoms with Gasteiger partial charge < -0.3 is 10.2 Å². The van der Waals surface area contributed by atoms with Crippen LogP contribution in [0.3, 0.4) is 0 Å². The van der Waals surface area contributed by atoms with Crippen molar-refractivity contribution >= 4 is 5.70 Å². The van der Waals surface area contributed by atoms with Crippen LogP contribution in [-0.4, -0.2) is 25.0 Å². The van der Waals surface area contributed by atoms with Crippen LogP contribution < -0.4 is 5.32 Å². The van der Waals surface area contributed by atoms with Crippen molar-refractivity contribution < 1.29 is 0 Å². The van der Waals surface area contributed by atoms with Crippen LogP contribution in [0, 0.1) is 5.41 Å². The summed E-state index contributed by atoms with van der Waals surface area (Å²) in [4.78, 5) is 2.46. The molecule has 2 heteroatoms. The van der Waals surface area contributed by atoms with Crippen molar-refractivity contribution in [2.75, 3.05) is 20.1 Å². The van der Waals surface area contributed by atoms with Gasteiger partial charge in [-0.1, -0.05) is 31.4 Å². The van der Waals surface area contributed by atoms with Crippen molar-refractivity contribution in [3.63, 3.8) is 0 Å². The molecule has 0 bridgehead atoms. The van der Waals surface area contributed by atoms with E-state index in [9.17, 15) is 0 Å². The molecule has 3 rings (SSSR count). The Labute approximate surface area is 128 Å². The fourth-order valence-electron chi connectivity index (χ4n) is 4.10. The largest absolute Gasteiger partial charge is 0.388 e. The molecule has 1 aromatic rings. The van der Waals surface area contributed by atoms with E-state index in [-0.39, 0.29) is 0 Å². The topological polar surface area (TPSA) is 15.3 Å². The summed E-state index contributed by atoms with van der Waals surface area (Å²) >= 11 is 0. The summed E-state index contributed by atoms with van der Waals surface area (Å²) in [7, 11) is 1.95. The quantitative estimate of drug-likeness (QED) is 0.911. The lowest BCUT2D eigenvalue weighted by atomic mass is 9.68. The predicted molar refractivity (Wildman–Crippen MR) is 90.0 cm³/mol. The monoisotopic (exact) mass is 282 g/mol. The second-order valence-electron chi connectivity index (χ2n) is 6.41. The Morgan fingerprint density at radius 2 is 2.19 bits per heavy atom. The molecule has 1 N–H and O–H groups in total. The zero-order valence-electron chi connectivity index (χ0n) is 13.3. The number of hydrogen-bond donors (Lipinski definition) is 1. The fourth-order valence-corrected chi connectivity index (χ4v) is 4.10. The van der Waals surface area contributed by atoms with Gasteiger partial charge in [0, 0.05) is 42.5 Å². The van der Waals surface area contributed by atoms with Crippen LogP contribution in [0.25, 0.3) is 5.70 Å². The van der Waals surface area contributed by atoms with E-state index in [0.29, 0.717) is 5.41 Å². The smallest absolute Gasteiger partial charge is 0.0341 e. The molecule has 0 saturated carbocycles. The van der Waals surface area contributed by atoms with Gasteiger partial charge in [0.05, 0.1) is 0 Å². The van der Waals surface area contributed by atoms with Crippen molar-refractivity contribution in [1.29, 1.82) is 0 Å². The van der Waals surface area contributed by atoms with Gasteiger partial charge in [0.15, 0.2) is 0 Å². The number of hydrogen-bond acceptors (Lipinski definition) is 2. The Kier molecular flexibility index (Phi) is 3.56. The van der Waals surface area contributed by atoms with Crippen LogP contribution in [0.1, 0.15) is 36.5 Å². The summed E-state index contributed by atoms with van der Waals surface area (Å²) in [6.07, 6.45) is 4.77. The molecule has 1 fully saturated rings. The molecule has 1 saturated heterocycles. The van der Waals surface area contributed by atoms with E-state index in [1.54, 1.807) is 0 Å². The minimum Gasteiger partial charge on any atom is -0.388 e. The first-order chi connectivity index (χ1) is 10.1. The summed E-state index contributed by atoms with van der Waals surface area (Å²) in [6.45, 7) is 13.1. The van der Waals surface area contributed by atoms with E-state index >= 15 is 0 Å². The van der Waals surface area contributed by atoms with Gasteiger partial charge in [-0.2, -0.15) is 0 Å². The van der Waals surface area contributed by atoms with Crippen LogP contribution in [0.4, 0.5) is 0 Å². The Bertz CT molecular complexity index is 587. The second-order valence-corrected chi connectivity index (χ2v) is 6.41. The van der Waals surface area contributed by atoms with E-state index < -0.39 is 0 Å². The zero-order chi connectivity index (χ0) is 15.0. The standard InChI is InChI=1S/C19H26N2/c1-5-21-12-11-19(15(21)3)10-9-18-16(13-19)7-6-8-17(18)14(2)20-4/h6-8,20H,2-3,5,9-13H2,1,4H3. The van der Waals surface area contributed by atoms with Crippen LogP contribution in [0.15, 0.2) is 37.1 Å².